The Balaban J connectivity index is 2.04. The molecular formula is C27H32N2O7. The van der Waals surface area contributed by atoms with Crippen molar-refractivity contribution in [1.82, 2.24) is 0 Å². The number of nitrogens with zero attached hydrogens (tertiary/aromatic N) is 1. The second-order valence-corrected chi connectivity index (χ2v) is 9.77. The monoisotopic (exact) mass is 496 g/mol. The van der Waals surface area contributed by atoms with E-state index < -0.39 is 57.9 Å². The summed E-state index contributed by atoms with van der Waals surface area (Å²) in [5.41, 5.74) is 5.06. The van der Waals surface area contributed by atoms with E-state index in [1.807, 2.05) is 25.9 Å². The fourth-order valence-corrected chi connectivity index (χ4v) is 6.43. The molecule has 0 saturated heterocycles. The molecule has 1 fully saturated rings. The van der Waals surface area contributed by atoms with Gasteiger partial charge in [0.25, 0.3) is 5.91 Å². The predicted octanol–water partition coefficient (Wildman–Crippen LogP) is 2.73. The minimum Gasteiger partial charge on any atom is -0.508 e. The van der Waals surface area contributed by atoms with Gasteiger partial charge in [0.05, 0.1) is 11.5 Å². The van der Waals surface area contributed by atoms with Gasteiger partial charge >= 0.3 is 0 Å². The molecule has 0 heterocycles. The molecule has 5 N–H and O–H groups in total. The number of primary amides is 1. The number of hydrogen-bond acceptors (Lipinski definition) is 8. The number of ether oxygens (including phenoxy) is 1. The lowest BCUT2D eigenvalue weighted by molar-refractivity contribution is -0.157. The topological polar surface area (TPSA) is 150 Å². The number of carbonyl (C=O) groups excluding carboxylic acids is 3. The molecule has 36 heavy (non-hydrogen) atoms. The van der Waals surface area contributed by atoms with Crippen LogP contribution < -0.4 is 10.6 Å². The molecule has 9 heteroatoms. The van der Waals surface area contributed by atoms with Crippen molar-refractivity contribution in [3.8, 4) is 5.75 Å². The first-order valence-corrected chi connectivity index (χ1v) is 12.0. The summed E-state index contributed by atoms with van der Waals surface area (Å²) in [5, 5.41) is 33.2. The van der Waals surface area contributed by atoms with Crippen LogP contribution in [0.3, 0.4) is 0 Å². The number of aromatic hydroxyl groups is 1. The minimum absolute atomic E-state index is 0.00574. The smallest absolute Gasteiger partial charge is 0.255 e. The largest absolute Gasteiger partial charge is 0.508 e. The minimum atomic E-state index is -2.08. The van der Waals surface area contributed by atoms with Gasteiger partial charge < -0.3 is 30.7 Å². The van der Waals surface area contributed by atoms with Gasteiger partial charge in [0.1, 0.15) is 22.8 Å². The van der Waals surface area contributed by atoms with Crippen molar-refractivity contribution >= 4 is 28.9 Å². The third-order valence-corrected chi connectivity index (χ3v) is 8.01. The number of rotatable bonds is 5. The normalized spacial score (nSPS) is 28.0. The van der Waals surface area contributed by atoms with Crippen LogP contribution in [-0.2, 0) is 25.5 Å². The highest BCUT2D eigenvalue weighted by atomic mass is 16.5. The number of methoxy groups -OCH3 is 1. The van der Waals surface area contributed by atoms with E-state index in [0.29, 0.717) is 24.0 Å². The highest BCUT2D eigenvalue weighted by Gasteiger charge is 2.65. The Labute approximate surface area is 209 Å². The van der Waals surface area contributed by atoms with Crippen molar-refractivity contribution in [3.63, 3.8) is 0 Å². The van der Waals surface area contributed by atoms with Crippen LogP contribution in [-0.4, -0.2) is 59.6 Å². The van der Waals surface area contributed by atoms with Crippen LogP contribution in [0.25, 0.3) is 5.76 Å². The van der Waals surface area contributed by atoms with Gasteiger partial charge in [-0.1, -0.05) is 18.6 Å². The van der Waals surface area contributed by atoms with Crippen molar-refractivity contribution in [2.45, 2.75) is 38.7 Å². The molecule has 1 aromatic carbocycles. The Bertz CT molecular complexity index is 1270. The Morgan fingerprint density at radius 3 is 2.44 bits per heavy atom. The fourth-order valence-electron chi connectivity index (χ4n) is 6.43. The first-order chi connectivity index (χ1) is 17.0. The quantitative estimate of drug-likeness (QED) is 0.359. The molecule has 2 unspecified atom stereocenters. The Morgan fingerprint density at radius 1 is 1.25 bits per heavy atom. The maximum Gasteiger partial charge on any atom is 0.255 e. The molecule has 4 atom stereocenters. The number of phenolic OH excluding ortho intramolecular Hbond substituents is 1. The molecule has 1 saturated carbocycles. The van der Waals surface area contributed by atoms with E-state index in [0.717, 1.165) is 5.69 Å². The van der Waals surface area contributed by atoms with Crippen molar-refractivity contribution < 1.29 is 34.4 Å². The second kappa shape index (κ2) is 8.81. The van der Waals surface area contributed by atoms with Crippen molar-refractivity contribution in [3.05, 3.63) is 51.8 Å². The molecule has 3 aliphatic rings. The van der Waals surface area contributed by atoms with Gasteiger partial charge in [-0.25, -0.2) is 0 Å². The summed E-state index contributed by atoms with van der Waals surface area (Å²) in [6.07, 6.45) is 2.79. The SMILES string of the molecule is C/C=C(/CC)[C@@H]1C(=O)C(C(N)=O)=C(O)[C@@]2(OC)C(=O)C3=C(O)c4c(O)ccc(N(C)C)c4CC3CC12. The highest BCUT2D eigenvalue weighted by Crippen LogP contribution is 2.56. The van der Waals surface area contributed by atoms with Gasteiger partial charge in [0.15, 0.2) is 11.4 Å². The zero-order valence-corrected chi connectivity index (χ0v) is 21.1. The van der Waals surface area contributed by atoms with Crippen molar-refractivity contribution in [1.29, 1.82) is 0 Å². The van der Waals surface area contributed by atoms with E-state index in [-0.39, 0.29) is 23.3 Å². The summed E-state index contributed by atoms with van der Waals surface area (Å²) in [5.74, 6) is -6.20. The van der Waals surface area contributed by atoms with Crippen LogP contribution in [0, 0.1) is 17.8 Å². The highest BCUT2D eigenvalue weighted by molar-refractivity contribution is 6.24. The summed E-state index contributed by atoms with van der Waals surface area (Å²) in [7, 11) is 4.91. The van der Waals surface area contributed by atoms with Gasteiger partial charge in [-0.3, -0.25) is 14.4 Å². The Hall–Kier alpha value is -3.59. The van der Waals surface area contributed by atoms with E-state index in [1.165, 1.54) is 13.2 Å². The van der Waals surface area contributed by atoms with Gasteiger partial charge in [0.2, 0.25) is 5.78 Å². The van der Waals surface area contributed by atoms with Crippen LogP contribution >= 0.6 is 0 Å². The predicted molar refractivity (Wildman–Crippen MR) is 133 cm³/mol. The summed E-state index contributed by atoms with van der Waals surface area (Å²) in [4.78, 5) is 41.9. The number of allylic oxidation sites excluding steroid dienone is 2. The Morgan fingerprint density at radius 2 is 1.92 bits per heavy atom. The van der Waals surface area contributed by atoms with Crippen molar-refractivity contribution in [2.24, 2.45) is 23.5 Å². The van der Waals surface area contributed by atoms with Crippen molar-refractivity contribution in [2.75, 3.05) is 26.1 Å². The summed E-state index contributed by atoms with van der Waals surface area (Å²) >= 11 is 0. The lowest BCUT2D eigenvalue weighted by Gasteiger charge is -2.51. The average Bonchev–Trinajstić information content (AvgIpc) is 2.81. The summed E-state index contributed by atoms with van der Waals surface area (Å²) < 4.78 is 5.72. The number of hydrogen-bond donors (Lipinski definition) is 4. The molecule has 1 aromatic rings. The molecule has 0 radical (unpaired) electrons. The maximum atomic E-state index is 14.2. The van der Waals surface area contributed by atoms with Gasteiger partial charge in [-0.05, 0) is 49.8 Å². The third kappa shape index (κ3) is 3.22. The van der Waals surface area contributed by atoms with E-state index in [9.17, 15) is 29.7 Å². The fraction of sp³-hybridized carbons (Fsp3) is 0.444. The maximum absolute atomic E-state index is 14.2. The average molecular weight is 497 g/mol. The first kappa shape index (κ1) is 25.5. The number of ketones is 2. The molecule has 3 aliphatic carbocycles. The lowest BCUT2D eigenvalue weighted by atomic mass is 9.54. The third-order valence-electron chi connectivity index (χ3n) is 8.01. The molecule has 9 nitrogen and oxygen atoms in total. The second-order valence-electron chi connectivity index (χ2n) is 9.77. The van der Waals surface area contributed by atoms with Crippen LogP contribution in [0.5, 0.6) is 5.75 Å². The first-order valence-electron chi connectivity index (χ1n) is 12.0. The number of aliphatic hydroxyl groups excluding tert-OH is 2. The van der Waals surface area contributed by atoms with Gasteiger partial charge in [0, 0.05) is 38.4 Å². The molecule has 4 rings (SSSR count). The number of fused-ring (bicyclic) bond motifs is 3. The molecule has 0 aromatic heterocycles. The number of carbonyl (C=O) groups is 3. The number of nitrogens with two attached hydrogens (primary N) is 1. The lowest BCUT2D eigenvalue weighted by Crippen LogP contribution is -2.62. The van der Waals surface area contributed by atoms with Gasteiger partial charge in [-0.15, -0.1) is 0 Å². The van der Waals surface area contributed by atoms with E-state index in [2.05, 4.69) is 0 Å². The number of Topliss-reactive ketones (excluding diaryl/α,β-unsaturated/α-hetero) is 2. The molecular weight excluding hydrogens is 464 g/mol. The Kier molecular flexibility index (Phi) is 6.24. The van der Waals surface area contributed by atoms with E-state index >= 15 is 0 Å². The summed E-state index contributed by atoms with van der Waals surface area (Å²) in [6, 6.07) is 3.19. The molecule has 1 amide bonds. The number of aliphatic hydroxyl groups is 2. The number of amides is 1. The standard InChI is InChI=1S/C27H32N2O7/c1-6-12(7-2)18-15-11-13-10-14-16(29(3)4)8-9-17(30)20(14)23(32)19(13)24(33)27(15,36-5)25(34)21(22(18)31)26(28)35/h6,8-9,13,15,18,30,32,34H,7,10-11H2,1-5H3,(H2,28,35)/b12-6-/t13?,15?,18-,27-/m0/s1. The molecule has 0 bridgehead atoms. The van der Waals surface area contributed by atoms with Crippen LogP contribution in [0.2, 0.25) is 0 Å². The van der Waals surface area contributed by atoms with Crippen LogP contribution in [0.15, 0.2) is 40.7 Å². The summed E-state index contributed by atoms with van der Waals surface area (Å²) in [6.45, 7) is 3.64. The van der Waals surface area contributed by atoms with Crippen LogP contribution in [0.4, 0.5) is 5.69 Å². The zero-order chi connectivity index (χ0) is 26.7. The number of benzene rings is 1. The number of anilines is 1. The molecule has 0 aliphatic heterocycles. The molecule has 0 spiro atoms. The number of phenols is 1. The zero-order valence-electron chi connectivity index (χ0n) is 21.1. The van der Waals surface area contributed by atoms with Gasteiger partial charge in [-0.2, -0.15) is 0 Å². The van der Waals surface area contributed by atoms with E-state index in [4.69, 9.17) is 10.5 Å². The van der Waals surface area contributed by atoms with Crippen LogP contribution in [0.1, 0.15) is 37.8 Å². The van der Waals surface area contributed by atoms with E-state index in [1.54, 1.807) is 19.1 Å². The molecule has 192 valence electrons.